The standard InChI is InChI=1S/C9H18O/c1-4-6-8(3)7-9(8,10)5-2/h10H,4-7H2,1-3H3. The molecule has 0 amide bonds. The largest absolute Gasteiger partial charge is 0.389 e. The molecule has 0 aromatic carbocycles. The summed E-state index contributed by atoms with van der Waals surface area (Å²) >= 11 is 0. The summed E-state index contributed by atoms with van der Waals surface area (Å²) in [5, 5.41) is 9.79. The normalized spacial score (nSPS) is 45.6. The van der Waals surface area contributed by atoms with Gasteiger partial charge in [-0.05, 0) is 24.7 Å². The topological polar surface area (TPSA) is 20.2 Å². The molecule has 0 radical (unpaired) electrons. The second-order valence-corrected chi connectivity index (χ2v) is 3.87. The van der Waals surface area contributed by atoms with Crippen molar-refractivity contribution in [2.24, 2.45) is 5.41 Å². The van der Waals surface area contributed by atoms with E-state index in [1.54, 1.807) is 0 Å². The molecule has 2 atom stereocenters. The van der Waals surface area contributed by atoms with Crippen LogP contribution in [0.15, 0.2) is 0 Å². The van der Waals surface area contributed by atoms with E-state index in [-0.39, 0.29) is 11.0 Å². The van der Waals surface area contributed by atoms with Crippen molar-refractivity contribution < 1.29 is 5.11 Å². The van der Waals surface area contributed by atoms with Crippen molar-refractivity contribution in [2.45, 2.75) is 52.1 Å². The fraction of sp³-hybridized carbons (Fsp3) is 1.00. The Hall–Kier alpha value is -0.0400. The molecular formula is C9H18O. The number of hydrogen-bond acceptors (Lipinski definition) is 1. The predicted molar refractivity (Wildman–Crippen MR) is 42.9 cm³/mol. The Morgan fingerprint density at radius 1 is 1.40 bits per heavy atom. The highest BCUT2D eigenvalue weighted by Gasteiger charge is 2.61. The zero-order valence-corrected chi connectivity index (χ0v) is 7.28. The fourth-order valence-corrected chi connectivity index (χ4v) is 2.03. The Morgan fingerprint density at radius 3 is 2.30 bits per heavy atom. The van der Waals surface area contributed by atoms with Crippen LogP contribution < -0.4 is 0 Å². The lowest BCUT2D eigenvalue weighted by molar-refractivity contribution is 0.0956. The number of rotatable bonds is 3. The Balaban J connectivity index is 2.46. The smallest absolute Gasteiger partial charge is 0.0705 e. The maximum atomic E-state index is 9.79. The molecule has 2 unspecified atom stereocenters. The second-order valence-electron chi connectivity index (χ2n) is 3.87. The summed E-state index contributed by atoms with van der Waals surface area (Å²) in [5.41, 5.74) is -0.0422. The molecule has 1 aliphatic carbocycles. The minimum atomic E-state index is -0.303. The van der Waals surface area contributed by atoms with Crippen LogP contribution in [0.3, 0.4) is 0 Å². The molecule has 0 aliphatic heterocycles. The van der Waals surface area contributed by atoms with Crippen LogP contribution in [-0.2, 0) is 0 Å². The van der Waals surface area contributed by atoms with Gasteiger partial charge in [-0.2, -0.15) is 0 Å². The summed E-state index contributed by atoms with van der Waals surface area (Å²) in [7, 11) is 0. The van der Waals surface area contributed by atoms with Crippen LogP contribution in [0.4, 0.5) is 0 Å². The van der Waals surface area contributed by atoms with Crippen LogP contribution >= 0.6 is 0 Å². The fourth-order valence-electron chi connectivity index (χ4n) is 2.03. The first-order valence-corrected chi connectivity index (χ1v) is 4.30. The molecule has 1 saturated carbocycles. The van der Waals surface area contributed by atoms with E-state index < -0.39 is 0 Å². The van der Waals surface area contributed by atoms with Gasteiger partial charge in [0.1, 0.15) is 0 Å². The molecule has 0 aromatic heterocycles. The van der Waals surface area contributed by atoms with Gasteiger partial charge in [0.2, 0.25) is 0 Å². The average molecular weight is 142 g/mol. The van der Waals surface area contributed by atoms with Crippen molar-refractivity contribution in [1.29, 1.82) is 0 Å². The van der Waals surface area contributed by atoms with Crippen LogP contribution in [-0.4, -0.2) is 10.7 Å². The van der Waals surface area contributed by atoms with Crippen molar-refractivity contribution in [3.63, 3.8) is 0 Å². The van der Waals surface area contributed by atoms with Gasteiger partial charge in [-0.1, -0.05) is 27.2 Å². The van der Waals surface area contributed by atoms with Gasteiger partial charge in [0.05, 0.1) is 5.60 Å². The first kappa shape index (κ1) is 8.06. The third-order valence-electron chi connectivity index (χ3n) is 3.07. The molecule has 0 spiro atoms. The third-order valence-corrected chi connectivity index (χ3v) is 3.07. The predicted octanol–water partition coefficient (Wildman–Crippen LogP) is 2.34. The van der Waals surface area contributed by atoms with Crippen LogP contribution in [0.2, 0.25) is 0 Å². The van der Waals surface area contributed by atoms with Crippen LogP contribution in [0.5, 0.6) is 0 Å². The molecule has 1 heteroatoms. The monoisotopic (exact) mass is 142 g/mol. The summed E-state index contributed by atoms with van der Waals surface area (Å²) in [5.74, 6) is 0. The second kappa shape index (κ2) is 2.23. The van der Waals surface area contributed by atoms with E-state index in [1.807, 2.05) is 0 Å². The minimum Gasteiger partial charge on any atom is -0.389 e. The lowest BCUT2D eigenvalue weighted by Gasteiger charge is -2.14. The summed E-state index contributed by atoms with van der Waals surface area (Å²) in [4.78, 5) is 0. The Kier molecular flexibility index (Phi) is 1.80. The molecule has 1 nitrogen and oxygen atoms in total. The van der Waals surface area contributed by atoms with Crippen LogP contribution in [0.1, 0.15) is 46.5 Å². The number of aliphatic hydroxyl groups is 1. The SMILES string of the molecule is CCCC1(C)CC1(O)CC. The van der Waals surface area contributed by atoms with Crippen molar-refractivity contribution in [1.82, 2.24) is 0 Å². The molecule has 1 N–H and O–H groups in total. The maximum Gasteiger partial charge on any atom is 0.0705 e. The molecule has 1 rings (SSSR count). The van der Waals surface area contributed by atoms with E-state index in [0.717, 1.165) is 12.8 Å². The van der Waals surface area contributed by atoms with Crippen molar-refractivity contribution >= 4 is 0 Å². The first-order valence-electron chi connectivity index (χ1n) is 4.30. The lowest BCUT2D eigenvalue weighted by Crippen LogP contribution is -2.15. The Bertz CT molecular complexity index is 129. The molecule has 0 heterocycles. The molecule has 0 saturated heterocycles. The Morgan fingerprint density at radius 2 is 2.00 bits per heavy atom. The van der Waals surface area contributed by atoms with E-state index in [4.69, 9.17) is 0 Å². The van der Waals surface area contributed by atoms with E-state index in [1.165, 1.54) is 12.8 Å². The lowest BCUT2D eigenvalue weighted by atomic mass is 9.97. The van der Waals surface area contributed by atoms with Gasteiger partial charge in [-0.15, -0.1) is 0 Å². The van der Waals surface area contributed by atoms with Gasteiger partial charge in [0.25, 0.3) is 0 Å². The quantitative estimate of drug-likeness (QED) is 0.641. The molecule has 1 fully saturated rings. The summed E-state index contributed by atoms with van der Waals surface area (Å²) < 4.78 is 0. The molecule has 0 aromatic rings. The van der Waals surface area contributed by atoms with Gasteiger partial charge in [0.15, 0.2) is 0 Å². The molecular weight excluding hydrogens is 124 g/mol. The van der Waals surface area contributed by atoms with Crippen LogP contribution in [0, 0.1) is 5.41 Å². The van der Waals surface area contributed by atoms with E-state index in [2.05, 4.69) is 20.8 Å². The highest BCUT2D eigenvalue weighted by Crippen LogP contribution is 2.60. The molecule has 1 aliphatic rings. The summed E-state index contributed by atoms with van der Waals surface area (Å²) in [6.45, 7) is 6.44. The Labute approximate surface area is 63.4 Å². The zero-order chi connectivity index (χ0) is 7.83. The third kappa shape index (κ3) is 0.968. The van der Waals surface area contributed by atoms with E-state index in [0.29, 0.717) is 0 Å². The van der Waals surface area contributed by atoms with Gasteiger partial charge >= 0.3 is 0 Å². The van der Waals surface area contributed by atoms with Crippen molar-refractivity contribution in [2.75, 3.05) is 0 Å². The van der Waals surface area contributed by atoms with Crippen molar-refractivity contribution in [3.05, 3.63) is 0 Å². The number of hydrogen-bond donors (Lipinski definition) is 1. The first-order chi connectivity index (χ1) is 4.58. The molecule has 0 bridgehead atoms. The summed E-state index contributed by atoms with van der Waals surface area (Å²) in [6.07, 6.45) is 4.31. The van der Waals surface area contributed by atoms with Crippen molar-refractivity contribution in [3.8, 4) is 0 Å². The minimum absolute atomic E-state index is 0.260. The molecule has 60 valence electrons. The summed E-state index contributed by atoms with van der Waals surface area (Å²) in [6, 6.07) is 0. The zero-order valence-electron chi connectivity index (χ0n) is 7.28. The highest BCUT2D eigenvalue weighted by atomic mass is 16.3. The van der Waals surface area contributed by atoms with Gasteiger partial charge in [-0.3, -0.25) is 0 Å². The van der Waals surface area contributed by atoms with Gasteiger partial charge in [-0.25, -0.2) is 0 Å². The van der Waals surface area contributed by atoms with E-state index in [9.17, 15) is 5.11 Å². The highest BCUT2D eigenvalue weighted by molar-refractivity contribution is 5.12. The van der Waals surface area contributed by atoms with Gasteiger partial charge < -0.3 is 5.11 Å². The van der Waals surface area contributed by atoms with Gasteiger partial charge in [0, 0.05) is 0 Å². The van der Waals surface area contributed by atoms with E-state index >= 15 is 0 Å². The average Bonchev–Trinajstić information content (AvgIpc) is 2.38. The molecule has 10 heavy (non-hydrogen) atoms. The maximum absolute atomic E-state index is 9.79. The van der Waals surface area contributed by atoms with Crippen LogP contribution in [0.25, 0.3) is 0 Å².